The molecule has 0 aliphatic carbocycles. The van der Waals surface area contributed by atoms with E-state index in [9.17, 15) is 18.0 Å². The Kier molecular flexibility index (Phi) is 11.6. The van der Waals surface area contributed by atoms with Gasteiger partial charge in [0, 0.05) is 30.0 Å². The number of hydrogen-bond acceptors (Lipinski definition) is 6. The lowest BCUT2D eigenvalue weighted by Crippen LogP contribution is -2.53. The average molecular weight is 647 g/mol. The number of carbonyl (C=O) groups excluding carboxylic acids is 2. The van der Waals surface area contributed by atoms with E-state index in [4.69, 9.17) is 9.47 Å². The molecule has 41 heavy (non-hydrogen) atoms. The van der Waals surface area contributed by atoms with Crippen molar-refractivity contribution in [3.8, 4) is 11.5 Å². The standard InChI is InChI=1S/C30H36BrN3O6S/c1-5-17-32-30(36)26(18-22-9-7-6-8-10-22)33(20-23-11-13-24(31)14-12-23)29(35)21-34(41(4,37)38)25-15-16-27(39-2)28(19-25)40-3/h6-16,19,26H,5,17-18,20-21H2,1-4H3,(H,32,36). The first-order valence-electron chi connectivity index (χ1n) is 13.1. The molecular formula is C30H36BrN3O6S. The SMILES string of the molecule is CCCNC(=O)C(Cc1ccccc1)N(Cc1ccc(Br)cc1)C(=O)CN(c1ccc(OC)c(OC)c1)S(C)(=O)=O. The maximum absolute atomic E-state index is 14.1. The molecule has 1 unspecified atom stereocenters. The van der Waals surface area contributed by atoms with Crippen LogP contribution in [0, 0.1) is 0 Å². The van der Waals surface area contributed by atoms with Gasteiger partial charge in [-0.3, -0.25) is 13.9 Å². The third-order valence-electron chi connectivity index (χ3n) is 6.42. The third-order valence-corrected chi connectivity index (χ3v) is 8.09. The van der Waals surface area contributed by atoms with Crippen molar-refractivity contribution in [3.63, 3.8) is 0 Å². The molecule has 3 aromatic rings. The number of hydrogen-bond donors (Lipinski definition) is 1. The number of carbonyl (C=O) groups is 2. The molecule has 2 amide bonds. The van der Waals surface area contributed by atoms with Crippen molar-refractivity contribution in [2.45, 2.75) is 32.4 Å². The molecule has 3 aromatic carbocycles. The molecule has 220 valence electrons. The van der Waals surface area contributed by atoms with Gasteiger partial charge in [-0.15, -0.1) is 0 Å². The molecule has 9 nitrogen and oxygen atoms in total. The Labute approximate surface area is 250 Å². The largest absolute Gasteiger partial charge is 0.493 e. The summed E-state index contributed by atoms with van der Waals surface area (Å²) in [5.41, 5.74) is 1.90. The molecule has 11 heteroatoms. The predicted molar refractivity (Wildman–Crippen MR) is 164 cm³/mol. The number of methoxy groups -OCH3 is 2. The van der Waals surface area contributed by atoms with Gasteiger partial charge >= 0.3 is 0 Å². The smallest absolute Gasteiger partial charge is 0.244 e. The van der Waals surface area contributed by atoms with Gasteiger partial charge in [0.2, 0.25) is 21.8 Å². The van der Waals surface area contributed by atoms with E-state index in [1.54, 1.807) is 12.1 Å². The number of ether oxygens (including phenoxy) is 2. The highest BCUT2D eigenvalue weighted by molar-refractivity contribution is 9.10. The van der Waals surface area contributed by atoms with Crippen molar-refractivity contribution in [2.24, 2.45) is 0 Å². The molecule has 0 aliphatic heterocycles. The van der Waals surface area contributed by atoms with E-state index >= 15 is 0 Å². The van der Waals surface area contributed by atoms with Gasteiger partial charge in [0.25, 0.3) is 0 Å². The van der Waals surface area contributed by atoms with Gasteiger partial charge in [-0.1, -0.05) is 65.3 Å². The van der Waals surface area contributed by atoms with Crippen molar-refractivity contribution < 1.29 is 27.5 Å². The fraction of sp³-hybridized carbons (Fsp3) is 0.333. The van der Waals surface area contributed by atoms with E-state index in [1.165, 1.54) is 25.2 Å². The van der Waals surface area contributed by atoms with E-state index in [1.807, 2.05) is 61.5 Å². The lowest BCUT2D eigenvalue weighted by molar-refractivity contribution is -0.140. The highest BCUT2D eigenvalue weighted by Crippen LogP contribution is 2.32. The first-order valence-corrected chi connectivity index (χ1v) is 15.8. The summed E-state index contributed by atoms with van der Waals surface area (Å²) < 4.78 is 38.5. The van der Waals surface area contributed by atoms with Crippen molar-refractivity contribution >= 4 is 43.5 Å². The van der Waals surface area contributed by atoms with Gasteiger partial charge in [0.1, 0.15) is 12.6 Å². The summed E-state index contributed by atoms with van der Waals surface area (Å²) in [4.78, 5) is 29.1. The second-order valence-corrected chi connectivity index (χ2v) is 12.3. The maximum Gasteiger partial charge on any atom is 0.244 e. The summed E-state index contributed by atoms with van der Waals surface area (Å²) >= 11 is 3.43. The molecule has 1 N–H and O–H groups in total. The Bertz CT molecular complexity index is 1420. The van der Waals surface area contributed by atoms with Crippen LogP contribution in [0.5, 0.6) is 11.5 Å². The minimum Gasteiger partial charge on any atom is -0.493 e. The zero-order chi connectivity index (χ0) is 30.0. The van der Waals surface area contributed by atoms with E-state index in [2.05, 4.69) is 21.2 Å². The van der Waals surface area contributed by atoms with Gasteiger partial charge in [-0.25, -0.2) is 8.42 Å². The van der Waals surface area contributed by atoms with Crippen LogP contribution >= 0.6 is 15.9 Å². The van der Waals surface area contributed by atoms with Crippen molar-refractivity contribution in [1.82, 2.24) is 10.2 Å². The quantitative estimate of drug-likeness (QED) is 0.279. The van der Waals surface area contributed by atoms with Crippen LogP contribution in [0.3, 0.4) is 0 Å². The molecule has 0 spiro atoms. The molecule has 0 heterocycles. The fourth-order valence-corrected chi connectivity index (χ4v) is 5.41. The van der Waals surface area contributed by atoms with E-state index in [0.717, 1.165) is 32.6 Å². The molecule has 0 aromatic heterocycles. The monoisotopic (exact) mass is 645 g/mol. The van der Waals surface area contributed by atoms with Gasteiger partial charge in [-0.05, 0) is 41.8 Å². The van der Waals surface area contributed by atoms with E-state index in [-0.39, 0.29) is 24.6 Å². The van der Waals surface area contributed by atoms with Crippen molar-refractivity contribution in [2.75, 3.05) is 37.9 Å². The van der Waals surface area contributed by atoms with E-state index in [0.29, 0.717) is 18.0 Å². The summed E-state index contributed by atoms with van der Waals surface area (Å²) in [5, 5.41) is 2.92. The number of amides is 2. The second-order valence-electron chi connectivity index (χ2n) is 9.45. The van der Waals surface area contributed by atoms with Crippen LogP contribution in [0.15, 0.2) is 77.3 Å². The molecule has 1 atom stereocenters. The Morgan fingerprint density at radius 3 is 2.17 bits per heavy atom. The number of rotatable bonds is 14. The molecule has 3 rings (SSSR count). The van der Waals surface area contributed by atoms with Crippen LogP contribution in [0.4, 0.5) is 5.69 Å². The number of sulfonamides is 1. The van der Waals surface area contributed by atoms with E-state index < -0.39 is 28.5 Å². The Hall–Kier alpha value is -3.57. The highest BCUT2D eigenvalue weighted by Gasteiger charge is 2.33. The predicted octanol–water partition coefficient (Wildman–Crippen LogP) is 4.40. The van der Waals surface area contributed by atoms with Crippen LogP contribution in [0.25, 0.3) is 0 Å². The Morgan fingerprint density at radius 2 is 1.59 bits per heavy atom. The fourth-order valence-electron chi connectivity index (χ4n) is 4.30. The minimum absolute atomic E-state index is 0.104. The van der Waals surface area contributed by atoms with Gasteiger partial charge in [0.05, 0.1) is 26.2 Å². The maximum atomic E-state index is 14.1. The number of benzene rings is 3. The number of nitrogens with one attached hydrogen (secondary N) is 1. The summed E-state index contributed by atoms with van der Waals surface area (Å²) in [5.74, 6) is -0.0963. The first-order chi connectivity index (χ1) is 19.6. The number of nitrogens with zero attached hydrogens (tertiary/aromatic N) is 2. The van der Waals surface area contributed by atoms with Crippen LogP contribution in [-0.4, -0.2) is 64.7 Å². The molecule has 0 radical (unpaired) electrons. The second kappa shape index (κ2) is 14.9. The van der Waals surface area contributed by atoms with Gasteiger partial charge in [-0.2, -0.15) is 0 Å². The topological polar surface area (TPSA) is 105 Å². The Balaban J connectivity index is 2.05. The molecule has 0 saturated carbocycles. The van der Waals surface area contributed by atoms with Crippen LogP contribution < -0.4 is 19.1 Å². The number of halogens is 1. The minimum atomic E-state index is -3.91. The molecule has 0 fully saturated rings. The first kappa shape index (κ1) is 32.0. The summed E-state index contributed by atoms with van der Waals surface area (Å²) in [6.07, 6.45) is 2.02. The highest BCUT2D eigenvalue weighted by atomic mass is 79.9. The van der Waals surface area contributed by atoms with Crippen LogP contribution in [-0.2, 0) is 32.6 Å². The van der Waals surface area contributed by atoms with Crippen LogP contribution in [0.1, 0.15) is 24.5 Å². The zero-order valence-corrected chi connectivity index (χ0v) is 26.1. The average Bonchev–Trinajstić information content (AvgIpc) is 2.96. The summed E-state index contributed by atoms with van der Waals surface area (Å²) in [6.45, 7) is 1.99. The summed E-state index contributed by atoms with van der Waals surface area (Å²) in [7, 11) is -0.983. The molecule has 0 saturated heterocycles. The molecular weight excluding hydrogens is 610 g/mol. The lowest BCUT2D eigenvalue weighted by atomic mass is 10.0. The number of anilines is 1. The van der Waals surface area contributed by atoms with Crippen molar-refractivity contribution in [1.29, 1.82) is 0 Å². The third kappa shape index (κ3) is 8.96. The van der Waals surface area contributed by atoms with Gasteiger partial charge in [0.15, 0.2) is 11.5 Å². The Morgan fingerprint density at radius 1 is 0.927 bits per heavy atom. The van der Waals surface area contributed by atoms with Crippen molar-refractivity contribution in [3.05, 3.63) is 88.4 Å². The normalized spacial score (nSPS) is 11.8. The molecule has 0 bridgehead atoms. The van der Waals surface area contributed by atoms with Gasteiger partial charge < -0.3 is 19.7 Å². The zero-order valence-electron chi connectivity index (χ0n) is 23.7. The summed E-state index contributed by atoms with van der Waals surface area (Å²) in [6, 6.07) is 20.6. The lowest BCUT2D eigenvalue weighted by Gasteiger charge is -2.33. The molecule has 0 aliphatic rings. The van der Waals surface area contributed by atoms with Crippen LogP contribution in [0.2, 0.25) is 0 Å².